The van der Waals surface area contributed by atoms with Gasteiger partial charge in [0.1, 0.15) is 5.60 Å². The summed E-state index contributed by atoms with van der Waals surface area (Å²) >= 11 is 0. The second-order valence-electron chi connectivity index (χ2n) is 3.69. The Hall–Kier alpha value is -0.790. The Bertz CT molecular complexity index is 212. The summed E-state index contributed by atoms with van der Waals surface area (Å²) < 4.78 is 5.09. The van der Waals surface area contributed by atoms with E-state index in [0.29, 0.717) is 5.92 Å². The van der Waals surface area contributed by atoms with Crippen LogP contribution in [0.5, 0.6) is 0 Å². The Labute approximate surface area is 67.2 Å². The molecule has 0 aromatic carbocycles. The van der Waals surface area contributed by atoms with Crippen LogP contribution in [0.25, 0.3) is 0 Å². The van der Waals surface area contributed by atoms with E-state index in [1.807, 2.05) is 13.8 Å². The summed E-state index contributed by atoms with van der Waals surface area (Å²) in [6.45, 7) is 7.97. The van der Waals surface area contributed by atoms with Gasteiger partial charge in [0.05, 0.1) is 0 Å². The lowest BCUT2D eigenvalue weighted by Crippen LogP contribution is -2.25. The molecule has 0 bridgehead atoms. The fraction of sp³-hybridized carbons (Fsp3) is 0.667. The molecule has 62 valence electrons. The number of carbonyl (C=O) groups is 1. The van der Waals surface area contributed by atoms with Crippen molar-refractivity contribution in [1.29, 1.82) is 0 Å². The smallest absolute Gasteiger partial charge is 0.331 e. The van der Waals surface area contributed by atoms with Crippen molar-refractivity contribution in [3.8, 4) is 0 Å². The number of hydrogen-bond donors (Lipinski definition) is 0. The van der Waals surface area contributed by atoms with Gasteiger partial charge < -0.3 is 4.74 Å². The molecule has 0 saturated heterocycles. The second-order valence-corrected chi connectivity index (χ2v) is 3.69. The average Bonchev–Trinajstić information content (AvgIpc) is 2.04. The monoisotopic (exact) mass is 154 g/mol. The number of hydrogen-bond acceptors (Lipinski definition) is 2. The maximum absolute atomic E-state index is 10.9. The van der Waals surface area contributed by atoms with Crippen molar-refractivity contribution in [3.05, 3.63) is 11.6 Å². The molecule has 0 aliphatic carbocycles. The van der Waals surface area contributed by atoms with Crippen molar-refractivity contribution in [2.24, 2.45) is 5.92 Å². The van der Waals surface area contributed by atoms with E-state index in [2.05, 4.69) is 13.8 Å². The molecule has 0 fully saturated rings. The lowest BCUT2D eigenvalue weighted by molar-refractivity contribution is -0.143. The highest BCUT2D eigenvalue weighted by molar-refractivity contribution is 5.86. The molecule has 1 aliphatic heterocycles. The SMILES string of the molecule is CC(C)C1=CC(=O)OC1(C)C. The van der Waals surface area contributed by atoms with Crippen LogP contribution in [0, 0.1) is 5.92 Å². The molecule has 2 nitrogen and oxygen atoms in total. The van der Waals surface area contributed by atoms with E-state index in [9.17, 15) is 4.79 Å². The minimum absolute atomic E-state index is 0.210. The third-order valence-corrected chi connectivity index (χ3v) is 1.95. The lowest BCUT2D eigenvalue weighted by atomic mass is 9.90. The van der Waals surface area contributed by atoms with E-state index >= 15 is 0 Å². The number of carbonyl (C=O) groups excluding carboxylic acids is 1. The first-order valence-corrected chi connectivity index (χ1v) is 3.88. The number of rotatable bonds is 1. The van der Waals surface area contributed by atoms with Gasteiger partial charge in [0.2, 0.25) is 0 Å². The van der Waals surface area contributed by atoms with Gasteiger partial charge in [0.15, 0.2) is 0 Å². The minimum Gasteiger partial charge on any atom is -0.452 e. The van der Waals surface area contributed by atoms with Crippen LogP contribution in [0.3, 0.4) is 0 Å². The van der Waals surface area contributed by atoms with Gasteiger partial charge in [-0.05, 0) is 25.3 Å². The molecule has 0 spiro atoms. The molecule has 1 aliphatic rings. The van der Waals surface area contributed by atoms with Crippen molar-refractivity contribution in [2.45, 2.75) is 33.3 Å². The van der Waals surface area contributed by atoms with E-state index in [0.717, 1.165) is 5.57 Å². The highest BCUT2D eigenvalue weighted by atomic mass is 16.6. The Kier molecular flexibility index (Phi) is 1.78. The van der Waals surface area contributed by atoms with Crippen molar-refractivity contribution in [2.75, 3.05) is 0 Å². The van der Waals surface area contributed by atoms with Gasteiger partial charge in [-0.15, -0.1) is 0 Å². The van der Waals surface area contributed by atoms with E-state index < -0.39 is 0 Å². The molecule has 2 heteroatoms. The van der Waals surface area contributed by atoms with E-state index in [1.54, 1.807) is 6.08 Å². The van der Waals surface area contributed by atoms with Gasteiger partial charge in [-0.3, -0.25) is 0 Å². The molecule has 0 saturated carbocycles. The van der Waals surface area contributed by atoms with Crippen LogP contribution >= 0.6 is 0 Å². The molecule has 0 amide bonds. The third kappa shape index (κ3) is 1.44. The molecule has 1 rings (SSSR count). The van der Waals surface area contributed by atoms with Crippen molar-refractivity contribution in [3.63, 3.8) is 0 Å². The standard InChI is InChI=1S/C9H14O2/c1-6(2)7-5-8(10)11-9(7,3)4/h5-6H,1-4H3. The fourth-order valence-electron chi connectivity index (χ4n) is 1.50. The van der Waals surface area contributed by atoms with Crippen LogP contribution < -0.4 is 0 Å². The van der Waals surface area contributed by atoms with Crippen molar-refractivity contribution in [1.82, 2.24) is 0 Å². The second kappa shape index (κ2) is 2.36. The molecule has 0 atom stereocenters. The Balaban J connectivity index is 2.92. The van der Waals surface area contributed by atoms with Gasteiger partial charge in [0, 0.05) is 6.08 Å². The topological polar surface area (TPSA) is 26.3 Å². The molecule has 0 aromatic heterocycles. The van der Waals surface area contributed by atoms with Gasteiger partial charge in [0.25, 0.3) is 0 Å². The molecule has 0 aromatic rings. The highest BCUT2D eigenvalue weighted by Gasteiger charge is 2.34. The molecule has 0 N–H and O–H groups in total. The molecule has 0 unspecified atom stereocenters. The van der Waals surface area contributed by atoms with Gasteiger partial charge in [-0.2, -0.15) is 0 Å². The first kappa shape index (κ1) is 8.31. The number of cyclic esters (lactones) is 1. The average molecular weight is 154 g/mol. The summed E-state index contributed by atoms with van der Waals surface area (Å²) in [6, 6.07) is 0. The van der Waals surface area contributed by atoms with Gasteiger partial charge in [-0.25, -0.2) is 4.79 Å². The van der Waals surface area contributed by atoms with Crippen LogP contribution in [0.4, 0.5) is 0 Å². The van der Waals surface area contributed by atoms with E-state index in [4.69, 9.17) is 4.74 Å². The zero-order valence-electron chi connectivity index (χ0n) is 7.47. The summed E-state index contributed by atoms with van der Waals surface area (Å²) in [4.78, 5) is 10.9. The first-order valence-electron chi connectivity index (χ1n) is 3.88. The summed E-state index contributed by atoms with van der Waals surface area (Å²) in [5.41, 5.74) is 0.702. The Morgan fingerprint density at radius 1 is 1.45 bits per heavy atom. The largest absolute Gasteiger partial charge is 0.452 e. The minimum atomic E-state index is -0.384. The predicted molar refractivity (Wildman–Crippen MR) is 43.1 cm³/mol. The maximum atomic E-state index is 10.9. The normalized spacial score (nSPS) is 21.9. The predicted octanol–water partition coefficient (Wildman–Crippen LogP) is 1.90. The number of esters is 1. The Morgan fingerprint density at radius 3 is 2.18 bits per heavy atom. The van der Waals surface area contributed by atoms with Crippen molar-refractivity contribution < 1.29 is 9.53 Å². The van der Waals surface area contributed by atoms with Crippen LogP contribution in [0.2, 0.25) is 0 Å². The molecular formula is C9H14O2. The first-order chi connectivity index (χ1) is 4.93. The zero-order chi connectivity index (χ0) is 8.65. The quantitative estimate of drug-likeness (QED) is 0.539. The zero-order valence-corrected chi connectivity index (χ0v) is 7.47. The van der Waals surface area contributed by atoms with Crippen LogP contribution in [0.1, 0.15) is 27.7 Å². The number of ether oxygens (including phenoxy) is 1. The fourth-order valence-corrected chi connectivity index (χ4v) is 1.50. The maximum Gasteiger partial charge on any atom is 0.331 e. The van der Waals surface area contributed by atoms with Crippen LogP contribution in [-0.2, 0) is 9.53 Å². The molecular weight excluding hydrogens is 140 g/mol. The molecule has 1 heterocycles. The van der Waals surface area contributed by atoms with Crippen LogP contribution in [0.15, 0.2) is 11.6 Å². The molecule has 11 heavy (non-hydrogen) atoms. The summed E-state index contributed by atoms with van der Waals surface area (Å²) in [6.07, 6.45) is 1.60. The van der Waals surface area contributed by atoms with Gasteiger partial charge >= 0.3 is 5.97 Å². The van der Waals surface area contributed by atoms with Gasteiger partial charge in [-0.1, -0.05) is 13.8 Å². The van der Waals surface area contributed by atoms with E-state index in [-0.39, 0.29) is 11.6 Å². The highest BCUT2D eigenvalue weighted by Crippen LogP contribution is 2.32. The van der Waals surface area contributed by atoms with Crippen molar-refractivity contribution >= 4 is 5.97 Å². The summed E-state index contributed by atoms with van der Waals surface area (Å²) in [7, 11) is 0. The summed E-state index contributed by atoms with van der Waals surface area (Å²) in [5.74, 6) is 0.176. The summed E-state index contributed by atoms with van der Waals surface area (Å²) in [5, 5.41) is 0. The Morgan fingerprint density at radius 2 is 2.00 bits per heavy atom. The lowest BCUT2D eigenvalue weighted by Gasteiger charge is -2.23. The van der Waals surface area contributed by atoms with Crippen LogP contribution in [-0.4, -0.2) is 11.6 Å². The molecule has 0 radical (unpaired) electrons. The third-order valence-electron chi connectivity index (χ3n) is 1.95. The van der Waals surface area contributed by atoms with E-state index in [1.165, 1.54) is 0 Å².